The van der Waals surface area contributed by atoms with Crippen molar-refractivity contribution in [3.8, 4) is 5.75 Å². The van der Waals surface area contributed by atoms with Crippen LogP contribution in [0.5, 0.6) is 5.75 Å². The van der Waals surface area contributed by atoms with Gasteiger partial charge in [-0.05, 0) is 54.7 Å². The summed E-state index contributed by atoms with van der Waals surface area (Å²) in [5.74, 6) is 0.535. The van der Waals surface area contributed by atoms with E-state index >= 15 is 0 Å². The molecule has 6 heteroatoms. The van der Waals surface area contributed by atoms with Gasteiger partial charge in [0.15, 0.2) is 0 Å². The van der Waals surface area contributed by atoms with Crippen LogP contribution in [-0.2, 0) is 9.59 Å². The Morgan fingerprint density at radius 2 is 1.77 bits per heavy atom. The molecule has 0 aromatic heterocycles. The fourth-order valence-electron chi connectivity index (χ4n) is 3.23. The van der Waals surface area contributed by atoms with Gasteiger partial charge in [-0.3, -0.25) is 14.5 Å². The van der Waals surface area contributed by atoms with Gasteiger partial charge in [-0.2, -0.15) is 0 Å². The maximum absolute atomic E-state index is 13.1. The lowest BCUT2D eigenvalue weighted by molar-refractivity contribution is -0.136. The predicted octanol–water partition coefficient (Wildman–Crippen LogP) is 5.29. The van der Waals surface area contributed by atoms with Gasteiger partial charge in [0.2, 0.25) is 0 Å². The highest BCUT2D eigenvalue weighted by Gasteiger charge is 2.38. The maximum Gasteiger partial charge on any atom is 0.278 e. The Hall–Kier alpha value is -2.79. The summed E-state index contributed by atoms with van der Waals surface area (Å²) in [5.41, 5.74) is 2.94. The molecule has 158 valence electrons. The van der Waals surface area contributed by atoms with Crippen LogP contribution in [0.4, 0.5) is 5.69 Å². The Morgan fingerprint density at radius 1 is 1.07 bits per heavy atom. The second kappa shape index (κ2) is 9.35. The molecule has 0 spiro atoms. The SMILES string of the molecule is CCCN1C(=O)C(Nc2cc(Cl)ccc2C)=C(c2ccc(OCC(C)C)cc2)C1=O. The number of rotatable bonds is 8. The van der Waals surface area contributed by atoms with Crippen molar-refractivity contribution in [3.63, 3.8) is 0 Å². The Morgan fingerprint density at radius 3 is 2.40 bits per heavy atom. The van der Waals surface area contributed by atoms with Crippen molar-refractivity contribution in [2.24, 2.45) is 5.92 Å². The summed E-state index contributed by atoms with van der Waals surface area (Å²) in [6, 6.07) is 12.7. The van der Waals surface area contributed by atoms with Crippen LogP contribution >= 0.6 is 11.6 Å². The Balaban J connectivity index is 1.99. The van der Waals surface area contributed by atoms with Gasteiger partial charge in [-0.15, -0.1) is 0 Å². The van der Waals surface area contributed by atoms with Gasteiger partial charge in [0.1, 0.15) is 11.4 Å². The number of benzene rings is 2. The van der Waals surface area contributed by atoms with Crippen molar-refractivity contribution in [3.05, 3.63) is 64.3 Å². The van der Waals surface area contributed by atoms with Gasteiger partial charge in [0.25, 0.3) is 11.8 Å². The zero-order valence-electron chi connectivity index (χ0n) is 17.8. The topological polar surface area (TPSA) is 58.6 Å². The average molecular weight is 427 g/mol. The minimum Gasteiger partial charge on any atom is -0.493 e. The molecular weight excluding hydrogens is 400 g/mol. The molecule has 1 N–H and O–H groups in total. The molecule has 1 aliphatic heterocycles. The molecule has 5 nitrogen and oxygen atoms in total. The minimum absolute atomic E-state index is 0.273. The Kier molecular flexibility index (Phi) is 6.83. The summed E-state index contributed by atoms with van der Waals surface area (Å²) in [5, 5.41) is 3.73. The molecule has 0 atom stereocenters. The van der Waals surface area contributed by atoms with E-state index in [4.69, 9.17) is 16.3 Å². The summed E-state index contributed by atoms with van der Waals surface area (Å²) < 4.78 is 5.74. The van der Waals surface area contributed by atoms with Crippen molar-refractivity contribution < 1.29 is 14.3 Å². The molecule has 3 rings (SSSR count). The first-order valence-corrected chi connectivity index (χ1v) is 10.6. The van der Waals surface area contributed by atoms with E-state index in [9.17, 15) is 9.59 Å². The van der Waals surface area contributed by atoms with Crippen LogP contribution in [-0.4, -0.2) is 29.9 Å². The van der Waals surface area contributed by atoms with Gasteiger partial charge in [0, 0.05) is 17.3 Å². The molecule has 0 fully saturated rings. The summed E-state index contributed by atoms with van der Waals surface area (Å²) in [6.45, 7) is 9.01. The predicted molar refractivity (Wildman–Crippen MR) is 121 cm³/mol. The molecule has 0 bridgehead atoms. The van der Waals surface area contributed by atoms with E-state index in [0.29, 0.717) is 47.3 Å². The van der Waals surface area contributed by atoms with Crippen LogP contribution in [0.2, 0.25) is 5.02 Å². The average Bonchev–Trinajstić information content (AvgIpc) is 2.94. The van der Waals surface area contributed by atoms with Crippen LogP contribution in [0, 0.1) is 12.8 Å². The molecule has 0 aliphatic carbocycles. The zero-order valence-corrected chi connectivity index (χ0v) is 18.5. The van der Waals surface area contributed by atoms with Gasteiger partial charge in [0.05, 0.1) is 12.2 Å². The van der Waals surface area contributed by atoms with Crippen molar-refractivity contribution in [1.82, 2.24) is 4.90 Å². The number of anilines is 1. The van der Waals surface area contributed by atoms with Gasteiger partial charge < -0.3 is 10.1 Å². The first-order valence-electron chi connectivity index (χ1n) is 10.2. The van der Waals surface area contributed by atoms with Crippen LogP contribution < -0.4 is 10.1 Å². The molecule has 0 unspecified atom stereocenters. The van der Waals surface area contributed by atoms with Gasteiger partial charge >= 0.3 is 0 Å². The molecule has 1 heterocycles. The number of amides is 2. The molecule has 30 heavy (non-hydrogen) atoms. The normalized spacial score (nSPS) is 14.1. The van der Waals surface area contributed by atoms with E-state index < -0.39 is 0 Å². The van der Waals surface area contributed by atoms with Crippen LogP contribution in [0.15, 0.2) is 48.2 Å². The van der Waals surface area contributed by atoms with Crippen molar-refractivity contribution in [2.45, 2.75) is 34.1 Å². The summed E-state index contributed by atoms with van der Waals surface area (Å²) in [7, 11) is 0. The second-order valence-corrected chi connectivity index (χ2v) is 8.26. The number of hydrogen-bond acceptors (Lipinski definition) is 4. The summed E-state index contributed by atoms with van der Waals surface area (Å²) in [6.07, 6.45) is 0.691. The zero-order chi connectivity index (χ0) is 21.8. The van der Waals surface area contributed by atoms with Crippen LogP contribution in [0.1, 0.15) is 38.3 Å². The maximum atomic E-state index is 13.1. The van der Waals surface area contributed by atoms with Crippen LogP contribution in [0.25, 0.3) is 5.57 Å². The number of imide groups is 1. The number of carbonyl (C=O) groups is 2. The van der Waals surface area contributed by atoms with Crippen LogP contribution in [0.3, 0.4) is 0 Å². The van der Waals surface area contributed by atoms with E-state index in [0.717, 1.165) is 11.3 Å². The van der Waals surface area contributed by atoms with E-state index in [-0.39, 0.29) is 17.5 Å². The number of hydrogen-bond donors (Lipinski definition) is 1. The Bertz CT molecular complexity index is 980. The van der Waals surface area contributed by atoms with Gasteiger partial charge in [-0.1, -0.05) is 50.6 Å². The third kappa shape index (κ3) is 4.68. The first kappa shape index (κ1) is 21.9. The molecule has 2 amide bonds. The lowest BCUT2D eigenvalue weighted by Crippen LogP contribution is -2.33. The smallest absolute Gasteiger partial charge is 0.278 e. The third-order valence-electron chi connectivity index (χ3n) is 4.80. The van der Waals surface area contributed by atoms with E-state index in [1.165, 1.54) is 4.90 Å². The lowest BCUT2D eigenvalue weighted by Gasteiger charge is -2.14. The highest BCUT2D eigenvalue weighted by Crippen LogP contribution is 2.33. The fraction of sp³-hybridized carbons (Fsp3) is 0.333. The third-order valence-corrected chi connectivity index (χ3v) is 5.04. The highest BCUT2D eigenvalue weighted by atomic mass is 35.5. The molecule has 2 aromatic rings. The quantitative estimate of drug-likeness (QED) is 0.583. The molecule has 2 aromatic carbocycles. The molecular formula is C24H27ClN2O3. The van der Waals surface area contributed by atoms with E-state index in [2.05, 4.69) is 19.2 Å². The second-order valence-electron chi connectivity index (χ2n) is 7.83. The number of carbonyl (C=O) groups excluding carboxylic acids is 2. The number of nitrogens with one attached hydrogen (secondary N) is 1. The van der Waals surface area contributed by atoms with Crippen molar-refractivity contribution in [1.29, 1.82) is 0 Å². The van der Waals surface area contributed by atoms with E-state index in [1.54, 1.807) is 12.1 Å². The van der Waals surface area contributed by atoms with E-state index in [1.807, 2.05) is 44.2 Å². The Labute approximate surface area is 182 Å². The lowest BCUT2D eigenvalue weighted by atomic mass is 10.0. The first-order chi connectivity index (χ1) is 14.3. The number of halogens is 1. The highest BCUT2D eigenvalue weighted by molar-refractivity contribution is 6.36. The monoisotopic (exact) mass is 426 g/mol. The van der Waals surface area contributed by atoms with Crippen molar-refractivity contribution >= 4 is 34.7 Å². The largest absolute Gasteiger partial charge is 0.493 e. The minimum atomic E-state index is -0.323. The fourth-order valence-corrected chi connectivity index (χ4v) is 3.40. The molecule has 1 aliphatic rings. The number of aryl methyl sites for hydroxylation is 1. The molecule has 0 saturated heterocycles. The van der Waals surface area contributed by atoms with Gasteiger partial charge in [-0.25, -0.2) is 0 Å². The molecule has 0 radical (unpaired) electrons. The summed E-state index contributed by atoms with van der Waals surface area (Å²) in [4.78, 5) is 27.5. The van der Waals surface area contributed by atoms with Crippen molar-refractivity contribution in [2.75, 3.05) is 18.5 Å². The molecule has 0 saturated carbocycles. The number of nitrogens with zero attached hydrogens (tertiary/aromatic N) is 1. The summed E-state index contributed by atoms with van der Waals surface area (Å²) >= 11 is 6.14. The standard InChI is InChI=1S/C24H27ClN2O3/c1-5-12-27-23(28)21(17-7-10-19(11-8-17)30-14-15(2)3)22(24(27)29)26-20-13-18(25)9-6-16(20)4/h6-11,13,15,26H,5,12,14H2,1-4H3. The number of ether oxygens (including phenoxy) is 1.